The molecular weight excluding hydrogens is 204 g/mol. The van der Waals surface area contributed by atoms with Crippen LogP contribution < -0.4 is 0 Å². The predicted molar refractivity (Wildman–Crippen MR) is 50.6 cm³/mol. The van der Waals surface area contributed by atoms with Gasteiger partial charge in [0.2, 0.25) is 5.13 Å². The average Bonchev–Trinajstić information content (AvgIpc) is 2.70. The summed E-state index contributed by atoms with van der Waals surface area (Å²) in [6.45, 7) is 1.85. The molecule has 0 aliphatic carbocycles. The topological polar surface area (TPSA) is 73.8 Å². The molecule has 0 radical (unpaired) electrons. The summed E-state index contributed by atoms with van der Waals surface area (Å²) in [5.41, 5.74) is 0.850. The summed E-state index contributed by atoms with van der Waals surface area (Å²) in [5, 5.41) is 15.0. The summed E-state index contributed by atoms with van der Waals surface area (Å²) in [5.74, 6) is 0. The number of hydrogen-bond acceptors (Lipinski definition) is 5. The zero-order valence-electron chi connectivity index (χ0n) is 7.25. The number of hydrogen-bond donors (Lipinski definition) is 0. The maximum atomic E-state index is 10.4. The zero-order valence-corrected chi connectivity index (χ0v) is 8.06. The fourth-order valence-corrected chi connectivity index (χ4v) is 1.64. The van der Waals surface area contributed by atoms with Gasteiger partial charge in [0, 0.05) is 6.20 Å². The molecule has 0 aromatic carbocycles. The first-order chi connectivity index (χ1) is 6.66. The van der Waals surface area contributed by atoms with Crippen LogP contribution in [-0.4, -0.2) is 19.7 Å². The molecule has 7 heteroatoms. The first-order valence-electron chi connectivity index (χ1n) is 3.79. The van der Waals surface area contributed by atoms with Gasteiger partial charge in [0.1, 0.15) is 6.20 Å². The van der Waals surface area contributed by atoms with Crippen molar-refractivity contribution < 1.29 is 4.92 Å². The molecule has 0 saturated carbocycles. The summed E-state index contributed by atoms with van der Waals surface area (Å²) in [6.07, 6.45) is 2.95. The quantitative estimate of drug-likeness (QED) is 0.556. The normalized spacial score (nSPS) is 10.4. The van der Waals surface area contributed by atoms with Crippen molar-refractivity contribution in [1.29, 1.82) is 0 Å². The van der Waals surface area contributed by atoms with Crippen molar-refractivity contribution in [2.45, 2.75) is 6.92 Å². The van der Waals surface area contributed by atoms with E-state index in [-0.39, 0.29) is 5.00 Å². The third-order valence-corrected chi connectivity index (χ3v) is 2.52. The second-order valence-electron chi connectivity index (χ2n) is 2.64. The Hall–Kier alpha value is -1.76. The molecule has 2 aromatic heterocycles. The van der Waals surface area contributed by atoms with Crippen molar-refractivity contribution in [3.8, 4) is 5.13 Å². The van der Waals surface area contributed by atoms with E-state index in [2.05, 4.69) is 10.1 Å². The number of aromatic nitrogens is 3. The van der Waals surface area contributed by atoms with Gasteiger partial charge in [-0.1, -0.05) is 0 Å². The Balaban J connectivity index is 2.38. The van der Waals surface area contributed by atoms with E-state index in [0.29, 0.717) is 5.13 Å². The van der Waals surface area contributed by atoms with Crippen LogP contribution in [-0.2, 0) is 0 Å². The van der Waals surface area contributed by atoms with E-state index in [1.54, 1.807) is 6.20 Å². The van der Waals surface area contributed by atoms with Crippen molar-refractivity contribution in [3.05, 3.63) is 34.3 Å². The lowest BCUT2D eigenvalue weighted by molar-refractivity contribution is -0.380. The van der Waals surface area contributed by atoms with Crippen molar-refractivity contribution in [2.75, 3.05) is 0 Å². The second kappa shape index (κ2) is 3.18. The maximum Gasteiger partial charge on any atom is 0.345 e. The minimum atomic E-state index is -0.461. The van der Waals surface area contributed by atoms with Crippen LogP contribution in [0.3, 0.4) is 0 Å². The highest BCUT2D eigenvalue weighted by molar-refractivity contribution is 7.17. The van der Waals surface area contributed by atoms with Gasteiger partial charge < -0.3 is 0 Å². The van der Waals surface area contributed by atoms with E-state index in [0.717, 1.165) is 17.0 Å². The second-order valence-corrected chi connectivity index (χ2v) is 3.63. The van der Waals surface area contributed by atoms with Gasteiger partial charge >= 0.3 is 5.00 Å². The molecule has 0 N–H and O–H groups in total. The van der Waals surface area contributed by atoms with Gasteiger partial charge in [-0.25, -0.2) is 9.67 Å². The van der Waals surface area contributed by atoms with Gasteiger partial charge in [-0.2, -0.15) is 5.10 Å². The van der Waals surface area contributed by atoms with E-state index in [9.17, 15) is 10.1 Å². The Morgan fingerprint density at radius 1 is 1.64 bits per heavy atom. The van der Waals surface area contributed by atoms with Crippen molar-refractivity contribution >= 4 is 16.3 Å². The highest BCUT2D eigenvalue weighted by atomic mass is 32.1. The largest absolute Gasteiger partial charge is 0.345 e. The molecule has 0 spiro atoms. The minimum Gasteiger partial charge on any atom is -0.257 e. The van der Waals surface area contributed by atoms with Gasteiger partial charge in [0.15, 0.2) is 0 Å². The maximum absolute atomic E-state index is 10.4. The van der Waals surface area contributed by atoms with Crippen LogP contribution >= 0.6 is 11.3 Å². The molecule has 0 aliphatic heterocycles. The van der Waals surface area contributed by atoms with Crippen molar-refractivity contribution in [1.82, 2.24) is 14.8 Å². The van der Waals surface area contributed by atoms with E-state index < -0.39 is 4.92 Å². The van der Waals surface area contributed by atoms with Crippen LogP contribution in [0.15, 0.2) is 18.5 Å². The van der Waals surface area contributed by atoms with Crippen LogP contribution in [0, 0.1) is 17.0 Å². The fourth-order valence-electron chi connectivity index (χ4n) is 0.969. The van der Waals surface area contributed by atoms with Crippen LogP contribution in [0.2, 0.25) is 0 Å². The molecule has 0 atom stereocenters. The number of nitro groups is 1. The minimum absolute atomic E-state index is 0.0214. The van der Waals surface area contributed by atoms with Crippen LogP contribution in [0.4, 0.5) is 5.00 Å². The van der Waals surface area contributed by atoms with Crippen molar-refractivity contribution in [2.24, 2.45) is 0 Å². The Morgan fingerprint density at radius 2 is 2.43 bits per heavy atom. The van der Waals surface area contributed by atoms with E-state index in [1.807, 2.05) is 13.0 Å². The monoisotopic (exact) mass is 210 g/mol. The van der Waals surface area contributed by atoms with Crippen LogP contribution in [0.5, 0.6) is 0 Å². The summed E-state index contributed by atoms with van der Waals surface area (Å²) in [4.78, 5) is 13.8. The molecule has 2 aromatic rings. The number of nitrogens with zero attached hydrogens (tertiary/aromatic N) is 4. The third-order valence-electron chi connectivity index (χ3n) is 1.58. The molecule has 14 heavy (non-hydrogen) atoms. The summed E-state index contributed by atoms with van der Waals surface area (Å²) >= 11 is 0.998. The number of aryl methyl sites for hydroxylation is 1. The lowest BCUT2D eigenvalue weighted by atomic mass is 10.5. The summed E-state index contributed by atoms with van der Waals surface area (Å²) in [7, 11) is 0. The molecule has 0 amide bonds. The molecule has 0 fully saturated rings. The van der Waals surface area contributed by atoms with Gasteiger partial charge in [0.25, 0.3) is 0 Å². The Morgan fingerprint density at radius 3 is 2.93 bits per heavy atom. The van der Waals surface area contributed by atoms with Crippen LogP contribution in [0.25, 0.3) is 5.13 Å². The van der Waals surface area contributed by atoms with Crippen molar-refractivity contribution in [3.63, 3.8) is 0 Å². The summed E-state index contributed by atoms with van der Waals surface area (Å²) < 4.78 is 1.52. The van der Waals surface area contributed by atoms with Crippen LogP contribution in [0.1, 0.15) is 5.69 Å². The van der Waals surface area contributed by atoms with E-state index in [4.69, 9.17) is 0 Å². The molecule has 6 nitrogen and oxygen atoms in total. The molecule has 0 unspecified atom stereocenters. The summed E-state index contributed by atoms with van der Waals surface area (Å²) in [6, 6.07) is 1.81. The zero-order chi connectivity index (χ0) is 10.1. The van der Waals surface area contributed by atoms with E-state index >= 15 is 0 Å². The number of thiazole rings is 1. The molecule has 0 saturated heterocycles. The predicted octanol–water partition coefficient (Wildman–Crippen LogP) is 1.55. The molecule has 72 valence electrons. The SMILES string of the molecule is Cc1ccn(-c2ncc([N+](=O)[O-])s2)n1. The fraction of sp³-hybridized carbons (Fsp3) is 0.143. The Kier molecular flexibility index (Phi) is 2.01. The standard InChI is InChI=1S/C7H6N4O2S/c1-5-2-3-10(9-5)7-8-4-6(14-7)11(12)13/h2-4H,1H3. The average molecular weight is 210 g/mol. The van der Waals surface area contributed by atoms with Gasteiger partial charge in [0.05, 0.1) is 10.6 Å². The smallest absolute Gasteiger partial charge is 0.257 e. The Bertz CT molecular complexity index is 475. The highest BCUT2D eigenvalue weighted by Crippen LogP contribution is 2.23. The van der Waals surface area contributed by atoms with Gasteiger partial charge in [-0.15, -0.1) is 0 Å². The Labute approximate surface area is 83.0 Å². The first kappa shape index (κ1) is 8.82. The molecule has 0 bridgehead atoms. The lowest BCUT2D eigenvalue weighted by Gasteiger charge is -1.90. The van der Waals surface area contributed by atoms with Gasteiger partial charge in [-0.3, -0.25) is 10.1 Å². The third kappa shape index (κ3) is 1.49. The molecule has 0 aliphatic rings. The first-order valence-corrected chi connectivity index (χ1v) is 4.61. The lowest BCUT2D eigenvalue weighted by Crippen LogP contribution is -1.92. The number of rotatable bonds is 2. The highest BCUT2D eigenvalue weighted by Gasteiger charge is 2.12. The van der Waals surface area contributed by atoms with E-state index in [1.165, 1.54) is 10.9 Å². The molecule has 2 heterocycles. The molecule has 2 rings (SSSR count). The van der Waals surface area contributed by atoms with Gasteiger partial charge in [-0.05, 0) is 24.3 Å². The molecular formula is C7H6N4O2S.